The summed E-state index contributed by atoms with van der Waals surface area (Å²) in [6.07, 6.45) is 0.921. The van der Waals surface area contributed by atoms with Gasteiger partial charge in [0.25, 0.3) is 0 Å². The van der Waals surface area contributed by atoms with E-state index in [0.717, 1.165) is 23.6 Å². The predicted octanol–water partition coefficient (Wildman–Crippen LogP) is 4.57. The Morgan fingerprint density at radius 3 is 2.58 bits per heavy atom. The Balaban J connectivity index is 1.81. The summed E-state index contributed by atoms with van der Waals surface area (Å²) in [6.45, 7) is 1.48. The van der Waals surface area contributed by atoms with Crippen LogP contribution in [0.5, 0.6) is 0 Å². The van der Waals surface area contributed by atoms with Crippen molar-refractivity contribution < 1.29 is 4.39 Å². The minimum Gasteiger partial charge on any atom is -0.312 e. The predicted molar refractivity (Wildman–Crippen MR) is 81.0 cm³/mol. The molecule has 0 atom stereocenters. The van der Waals surface area contributed by atoms with Gasteiger partial charge in [0, 0.05) is 11.6 Å². The molecule has 100 valence electrons. The molecule has 2 aromatic rings. The third-order valence-corrected chi connectivity index (χ3v) is 3.99. The lowest BCUT2D eigenvalue weighted by molar-refractivity contribution is 0.612. The fourth-order valence-corrected chi connectivity index (χ4v) is 2.32. The quantitative estimate of drug-likeness (QED) is 0.785. The molecule has 0 fully saturated rings. The average molecular weight is 343 g/mol. The van der Waals surface area contributed by atoms with Crippen molar-refractivity contribution in [1.29, 1.82) is 0 Å². The molecule has 0 aromatic heterocycles. The van der Waals surface area contributed by atoms with Crippen LogP contribution in [0, 0.1) is 5.82 Å². The minimum atomic E-state index is -0.225. The fourth-order valence-electron chi connectivity index (χ4n) is 1.79. The molecule has 1 N–H and O–H groups in total. The van der Waals surface area contributed by atoms with Gasteiger partial charge in [-0.3, -0.25) is 0 Å². The summed E-state index contributed by atoms with van der Waals surface area (Å²) in [5.74, 6) is -0.225. The van der Waals surface area contributed by atoms with Crippen molar-refractivity contribution in [2.75, 3.05) is 6.54 Å². The molecule has 1 nitrogen and oxygen atoms in total. The molecule has 0 heterocycles. The highest BCUT2D eigenvalue weighted by molar-refractivity contribution is 9.10. The smallest absolute Gasteiger partial charge is 0.137 e. The highest BCUT2D eigenvalue weighted by atomic mass is 79.9. The van der Waals surface area contributed by atoms with Gasteiger partial charge in [0.1, 0.15) is 5.82 Å². The second kappa shape index (κ2) is 7.04. The van der Waals surface area contributed by atoms with E-state index >= 15 is 0 Å². The molecule has 0 spiro atoms. The first kappa shape index (κ1) is 14.5. The molecular weight excluding hydrogens is 329 g/mol. The van der Waals surface area contributed by atoms with E-state index in [2.05, 4.69) is 21.2 Å². The topological polar surface area (TPSA) is 12.0 Å². The Bertz CT molecular complexity index is 542. The second-order valence-electron chi connectivity index (χ2n) is 4.27. The standard InChI is InChI=1S/C15H14BrClFN/c16-15-12(2-1-3-14(15)18)10-19-9-8-11-4-6-13(17)7-5-11/h1-7,19H,8-10H2. The minimum absolute atomic E-state index is 0.225. The van der Waals surface area contributed by atoms with E-state index in [-0.39, 0.29) is 5.82 Å². The Morgan fingerprint density at radius 2 is 1.84 bits per heavy atom. The number of halogens is 3. The summed E-state index contributed by atoms with van der Waals surface area (Å²) < 4.78 is 13.8. The lowest BCUT2D eigenvalue weighted by atomic mass is 10.1. The van der Waals surface area contributed by atoms with Crippen LogP contribution in [0.2, 0.25) is 5.02 Å². The Kier molecular flexibility index (Phi) is 5.37. The molecule has 0 radical (unpaired) electrons. The zero-order valence-electron chi connectivity index (χ0n) is 10.3. The van der Waals surface area contributed by atoms with Gasteiger partial charge >= 0.3 is 0 Å². The fraction of sp³-hybridized carbons (Fsp3) is 0.200. The molecule has 2 rings (SSSR count). The largest absolute Gasteiger partial charge is 0.312 e. The van der Waals surface area contributed by atoms with Crippen molar-refractivity contribution in [3.63, 3.8) is 0 Å². The van der Waals surface area contributed by atoms with Crippen LogP contribution in [0.1, 0.15) is 11.1 Å². The number of hydrogen-bond donors (Lipinski definition) is 1. The summed E-state index contributed by atoms with van der Waals surface area (Å²) in [4.78, 5) is 0. The first-order valence-corrected chi connectivity index (χ1v) is 7.22. The second-order valence-corrected chi connectivity index (χ2v) is 5.50. The van der Waals surface area contributed by atoms with Gasteiger partial charge in [-0.1, -0.05) is 35.9 Å². The molecule has 0 saturated heterocycles. The van der Waals surface area contributed by atoms with Gasteiger partial charge in [0.05, 0.1) is 4.47 Å². The van der Waals surface area contributed by atoms with Crippen molar-refractivity contribution in [3.05, 3.63) is 68.9 Å². The molecule has 0 unspecified atom stereocenters. The normalized spacial score (nSPS) is 10.7. The van der Waals surface area contributed by atoms with Crippen LogP contribution in [0.25, 0.3) is 0 Å². The van der Waals surface area contributed by atoms with Crippen molar-refractivity contribution in [2.45, 2.75) is 13.0 Å². The van der Waals surface area contributed by atoms with Gasteiger partial charge in [-0.25, -0.2) is 4.39 Å². The van der Waals surface area contributed by atoms with Gasteiger partial charge in [-0.2, -0.15) is 0 Å². The lowest BCUT2D eigenvalue weighted by Crippen LogP contribution is -2.17. The number of nitrogens with one attached hydrogen (secondary N) is 1. The number of rotatable bonds is 5. The van der Waals surface area contributed by atoms with Crippen molar-refractivity contribution in [2.24, 2.45) is 0 Å². The molecule has 0 saturated carbocycles. The van der Waals surface area contributed by atoms with Gasteiger partial charge < -0.3 is 5.32 Å². The molecule has 0 aliphatic carbocycles. The summed E-state index contributed by atoms with van der Waals surface area (Å²) in [7, 11) is 0. The average Bonchev–Trinajstić information content (AvgIpc) is 2.41. The van der Waals surface area contributed by atoms with Crippen LogP contribution in [0.4, 0.5) is 4.39 Å². The zero-order valence-corrected chi connectivity index (χ0v) is 12.6. The molecule has 19 heavy (non-hydrogen) atoms. The number of hydrogen-bond acceptors (Lipinski definition) is 1. The SMILES string of the molecule is Fc1cccc(CNCCc2ccc(Cl)cc2)c1Br. The van der Waals surface area contributed by atoms with Crippen LogP contribution >= 0.6 is 27.5 Å². The van der Waals surface area contributed by atoms with Crippen LogP contribution in [-0.2, 0) is 13.0 Å². The van der Waals surface area contributed by atoms with Crippen LogP contribution in [0.15, 0.2) is 46.9 Å². The van der Waals surface area contributed by atoms with Crippen LogP contribution < -0.4 is 5.32 Å². The summed E-state index contributed by atoms with van der Waals surface area (Å²) >= 11 is 9.08. The molecular formula is C15H14BrClFN. The van der Waals surface area contributed by atoms with Gasteiger partial charge in [-0.15, -0.1) is 0 Å². The third-order valence-electron chi connectivity index (χ3n) is 2.85. The van der Waals surface area contributed by atoms with E-state index in [1.54, 1.807) is 6.07 Å². The molecule has 2 aromatic carbocycles. The highest BCUT2D eigenvalue weighted by Gasteiger charge is 2.04. The van der Waals surface area contributed by atoms with E-state index in [9.17, 15) is 4.39 Å². The van der Waals surface area contributed by atoms with E-state index in [0.29, 0.717) is 11.0 Å². The maximum absolute atomic E-state index is 13.3. The molecule has 0 aliphatic heterocycles. The van der Waals surface area contributed by atoms with E-state index in [4.69, 9.17) is 11.6 Å². The van der Waals surface area contributed by atoms with E-state index in [1.165, 1.54) is 11.6 Å². The molecule has 0 bridgehead atoms. The molecule has 0 amide bonds. The molecule has 4 heteroatoms. The first-order chi connectivity index (χ1) is 9.16. The zero-order chi connectivity index (χ0) is 13.7. The molecule has 0 aliphatic rings. The van der Waals surface area contributed by atoms with E-state index in [1.807, 2.05) is 30.3 Å². The van der Waals surface area contributed by atoms with Gasteiger partial charge in [-0.05, 0) is 58.2 Å². The maximum Gasteiger partial charge on any atom is 0.137 e. The summed E-state index contributed by atoms with van der Waals surface area (Å²) in [5.41, 5.74) is 2.16. The Morgan fingerprint density at radius 1 is 1.11 bits per heavy atom. The van der Waals surface area contributed by atoms with Gasteiger partial charge in [0.15, 0.2) is 0 Å². The monoisotopic (exact) mass is 341 g/mol. The summed E-state index contributed by atoms with van der Waals surface area (Å²) in [5, 5.41) is 4.05. The van der Waals surface area contributed by atoms with Crippen molar-refractivity contribution in [1.82, 2.24) is 5.32 Å². The Hall–Kier alpha value is -0.900. The van der Waals surface area contributed by atoms with Crippen LogP contribution in [-0.4, -0.2) is 6.54 Å². The third kappa shape index (κ3) is 4.30. The number of benzene rings is 2. The maximum atomic E-state index is 13.3. The van der Waals surface area contributed by atoms with Crippen LogP contribution in [0.3, 0.4) is 0 Å². The highest BCUT2D eigenvalue weighted by Crippen LogP contribution is 2.20. The van der Waals surface area contributed by atoms with E-state index < -0.39 is 0 Å². The lowest BCUT2D eigenvalue weighted by Gasteiger charge is -2.07. The van der Waals surface area contributed by atoms with Gasteiger partial charge in [0.2, 0.25) is 0 Å². The van der Waals surface area contributed by atoms with Crippen molar-refractivity contribution in [3.8, 4) is 0 Å². The van der Waals surface area contributed by atoms with Crippen molar-refractivity contribution >= 4 is 27.5 Å². The summed E-state index contributed by atoms with van der Waals surface area (Å²) in [6, 6.07) is 12.9. The first-order valence-electron chi connectivity index (χ1n) is 6.05. The Labute approximate surface area is 125 Å².